The van der Waals surface area contributed by atoms with Crippen LogP contribution in [0.2, 0.25) is 5.02 Å². The Hall–Kier alpha value is -2.84. The second kappa shape index (κ2) is 10.2. The third kappa shape index (κ3) is 5.69. The van der Waals surface area contributed by atoms with E-state index in [9.17, 15) is 0 Å². The predicted octanol–water partition coefficient (Wildman–Crippen LogP) is 4.90. The van der Waals surface area contributed by atoms with Gasteiger partial charge in [0.2, 0.25) is 5.95 Å². The van der Waals surface area contributed by atoms with Crippen LogP contribution in [0.3, 0.4) is 0 Å². The van der Waals surface area contributed by atoms with Gasteiger partial charge in [0.25, 0.3) is 0 Å². The monoisotopic (exact) mass is 456 g/mol. The van der Waals surface area contributed by atoms with E-state index < -0.39 is 0 Å². The number of anilines is 3. The minimum atomic E-state index is 0.0356. The van der Waals surface area contributed by atoms with E-state index in [0.29, 0.717) is 22.7 Å². The lowest BCUT2D eigenvalue weighted by Crippen LogP contribution is -2.23. The third-order valence-corrected chi connectivity index (χ3v) is 5.54. The molecule has 2 aromatic heterocycles. The Morgan fingerprint density at radius 2 is 2.06 bits per heavy atom. The highest BCUT2D eigenvalue weighted by Gasteiger charge is 2.16. The normalized spacial score (nSPS) is 14.5. The number of aryl methyl sites for hydroxylation is 1. The van der Waals surface area contributed by atoms with Crippen molar-refractivity contribution in [2.75, 3.05) is 30.4 Å². The molecule has 3 heterocycles. The minimum Gasteiger partial charge on any atom is -0.490 e. The lowest BCUT2D eigenvalue weighted by molar-refractivity contribution is 0.0699. The van der Waals surface area contributed by atoms with Crippen LogP contribution < -0.4 is 15.4 Å². The largest absolute Gasteiger partial charge is 0.490 e. The average molecular weight is 457 g/mol. The van der Waals surface area contributed by atoms with E-state index in [1.54, 1.807) is 10.9 Å². The maximum absolute atomic E-state index is 6.32. The molecule has 1 fully saturated rings. The summed E-state index contributed by atoms with van der Waals surface area (Å²) in [7, 11) is 1.90. The summed E-state index contributed by atoms with van der Waals surface area (Å²) in [6.45, 7) is 6.45. The molecule has 170 valence electrons. The summed E-state index contributed by atoms with van der Waals surface area (Å²) in [5, 5.41) is 11.4. The number of hydrogen-bond acceptors (Lipinski definition) is 7. The van der Waals surface area contributed by atoms with Gasteiger partial charge in [-0.2, -0.15) is 10.1 Å². The molecular weight excluding hydrogens is 428 g/mol. The lowest BCUT2D eigenvalue weighted by atomic mass is 10.0. The highest BCUT2D eigenvalue weighted by molar-refractivity contribution is 6.32. The highest BCUT2D eigenvalue weighted by Crippen LogP contribution is 2.34. The molecule has 1 saturated heterocycles. The molecule has 9 heteroatoms. The van der Waals surface area contributed by atoms with E-state index in [1.807, 2.05) is 51.5 Å². The van der Waals surface area contributed by atoms with Gasteiger partial charge in [-0.3, -0.25) is 4.68 Å². The Labute approximate surface area is 193 Å². The van der Waals surface area contributed by atoms with Crippen LogP contribution in [0, 0.1) is 5.92 Å². The van der Waals surface area contributed by atoms with Crippen LogP contribution >= 0.6 is 11.6 Å². The smallest absolute Gasteiger partial charge is 0.229 e. The van der Waals surface area contributed by atoms with Gasteiger partial charge in [-0.05, 0) is 44.7 Å². The molecule has 8 nitrogen and oxygen atoms in total. The first-order valence-corrected chi connectivity index (χ1v) is 11.3. The standard InChI is InChI=1S/C23H29ClN6O2/c1-15(2)32-21-10-18(4-5-19(21)17-12-27-30(3)14-17)28-23-26-13-20(24)22(29-23)25-11-16-6-8-31-9-7-16/h4-5,10,12-16H,6-9,11H2,1-3H3,(H2,25,26,28,29). The van der Waals surface area contributed by atoms with Crippen molar-refractivity contribution in [2.45, 2.75) is 32.8 Å². The van der Waals surface area contributed by atoms with Crippen LogP contribution in [0.1, 0.15) is 26.7 Å². The third-order valence-electron chi connectivity index (χ3n) is 5.26. The maximum Gasteiger partial charge on any atom is 0.229 e. The van der Waals surface area contributed by atoms with E-state index in [4.69, 9.17) is 21.1 Å². The number of rotatable bonds is 8. The zero-order valence-electron chi connectivity index (χ0n) is 18.6. The molecule has 0 spiro atoms. The summed E-state index contributed by atoms with van der Waals surface area (Å²) in [5.74, 6) is 2.42. The van der Waals surface area contributed by atoms with E-state index in [2.05, 4.69) is 25.7 Å². The van der Waals surface area contributed by atoms with Crippen LogP contribution in [-0.4, -0.2) is 45.6 Å². The van der Waals surface area contributed by atoms with Crippen LogP contribution in [-0.2, 0) is 11.8 Å². The molecule has 3 aromatic rings. The number of aromatic nitrogens is 4. The molecule has 0 bridgehead atoms. The highest BCUT2D eigenvalue weighted by atomic mass is 35.5. The van der Waals surface area contributed by atoms with E-state index in [0.717, 1.165) is 55.2 Å². The van der Waals surface area contributed by atoms with Crippen molar-refractivity contribution < 1.29 is 9.47 Å². The molecule has 1 aromatic carbocycles. The molecule has 0 radical (unpaired) electrons. The summed E-state index contributed by atoms with van der Waals surface area (Å²) in [6.07, 6.45) is 7.53. The second-order valence-corrected chi connectivity index (χ2v) is 8.64. The van der Waals surface area contributed by atoms with Crippen LogP contribution in [0.15, 0.2) is 36.8 Å². The minimum absolute atomic E-state index is 0.0356. The number of nitrogens with one attached hydrogen (secondary N) is 2. The van der Waals surface area contributed by atoms with Gasteiger partial charge in [0.15, 0.2) is 5.82 Å². The van der Waals surface area contributed by atoms with Crippen molar-refractivity contribution in [3.63, 3.8) is 0 Å². The molecule has 32 heavy (non-hydrogen) atoms. The van der Waals surface area contributed by atoms with Gasteiger partial charge >= 0.3 is 0 Å². The topological polar surface area (TPSA) is 86.1 Å². The quantitative estimate of drug-likeness (QED) is 0.498. The van der Waals surface area contributed by atoms with Crippen LogP contribution in [0.25, 0.3) is 11.1 Å². The molecule has 4 rings (SSSR count). The number of hydrogen-bond donors (Lipinski definition) is 2. The fourth-order valence-corrected chi connectivity index (χ4v) is 3.78. The molecule has 0 unspecified atom stereocenters. The fraction of sp³-hybridized carbons (Fsp3) is 0.435. The SMILES string of the molecule is CC(C)Oc1cc(Nc2ncc(Cl)c(NCC3CCOCC3)n2)ccc1-c1cnn(C)c1. The van der Waals surface area contributed by atoms with Gasteiger partial charge in [-0.15, -0.1) is 0 Å². The van der Waals surface area contributed by atoms with Gasteiger partial charge in [0.05, 0.1) is 18.5 Å². The summed E-state index contributed by atoms with van der Waals surface area (Å²) < 4.78 is 13.3. The predicted molar refractivity (Wildman–Crippen MR) is 127 cm³/mol. The van der Waals surface area contributed by atoms with Crippen molar-refractivity contribution >= 4 is 29.1 Å². The zero-order valence-corrected chi connectivity index (χ0v) is 19.4. The zero-order chi connectivity index (χ0) is 22.5. The molecule has 1 aliphatic rings. The second-order valence-electron chi connectivity index (χ2n) is 8.23. The fourth-order valence-electron chi connectivity index (χ4n) is 3.62. The number of benzene rings is 1. The van der Waals surface area contributed by atoms with Gasteiger partial charge in [0, 0.05) is 55.9 Å². The Kier molecular flexibility index (Phi) is 7.12. The number of halogens is 1. The first-order chi connectivity index (χ1) is 15.5. The van der Waals surface area contributed by atoms with Crippen LogP contribution in [0.5, 0.6) is 5.75 Å². The van der Waals surface area contributed by atoms with Gasteiger partial charge in [-0.1, -0.05) is 11.6 Å². The Morgan fingerprint density at radius 1 is 1.25 bits per heavy atom. The maximum atomic E-state index is 6.32. The molecule has 0 aliphatic carbocycles. The molecule has 1 aliphatic heterocycles. The first-order valence-electron chi connectivity index (χ1n) is 10.9. The Bertz CT molecular complexity index is 1050. The number of ether oxygens (including phenoxy) is 2. The number of nitrogens with zero attached hydrogens (tertiary/aromatic N) is 4. The summed E-state index contributed by atoms with van der Waals surface area (Å²) in [6, 6.07) is 5.94. The molecule has 0 amide bonds. The van der Waals surface area contributed by atoms with Gasteiger partial charge < -0.3 is 20.1 Å². The molecule has 0 atom stereocenters. The van der Waals surface area contributed by atoms with E-state index in [1.165, 1.54) is 0 Å². The average Bonchev–Trinajstić information content (AvgIpc) is 3.20. The van der Waals surface area contributed by atoms with E-state index in [-0.39, 0.29) is 6.10 Å². The summed E-state index contributed by atoms with van der Waals surface area (Å²) in [5.41, 5.74) is 2.80. The lowest BCUT2D eigenvalue weighted by Gasteiger charge is -2.22. The van der Waals surface area contributed by atoms with Crippen molar-refractivity contribution in [1.82, 2.24) is 19.7 Å². The van der Waals surface area contributed by atoms with Crippen LogP contribution in [0.4, 0.5) is 17.5 Å². The molecule has 0 saturated carbocycles. The Morgan fingerprint density at radius 3 is 2.78 bits per heavy atom. The van der Waals surface area contributed by atoms with Crippen molar-refractivity contribution in [2.24, 2.45) is 13.0 Å². The first kappa shape index (κ1) is 22.4. The summed E-state index contributed by atoms with van der Waals surface area (Å²) >= 11 is 6.32. The van der Waals surface area contributed by atoms with Crippen molar-refractivity contribution in [3.05, 3.63) is 41.8 Å². The summed E-state index contributed by atoms with van der Waals surface area (Å²) in [4.78, 5) is 8.91. The van der Waals surface area contributed by atoms with Gasteiger partial charge in [-0.25, -0.2) is 4.98 Å². The van der Waals surface area contributed by atoms with Gasteiger partial charge in [0.1, 0.15) is 10.8 Å². The molecular formula is C23H29ClN6O2. The van der Waals surface area contributed by atoms with Crippen molar-refractivity contribution in [1.29, 1.82) is 0 Å². The Balaban J connectivity index is 1.51. The molecule has 2 N–H and O–H groups in total. The van der Waals surface area contributed by atoms with Crippen molar-refractivity contribution in [3.8, 4) is 16.9 Å². The van der Waals surface area contributed by atoms with E-state index >= 15 is 0 Å².